The van der Waals surface area contributed by atoms with E-state index in [0.29, 0.717) is 17.9 Å². The third-order valence-electron chi connectivity index (χ3n) is 4.75. The molecule has 6 nitrogen and oxygen atoms in total. The Hall–Kier alpha value is -2.21. The summed E-state index contributed by atoms with van der Waals surface area (Å²) in [4.78, 5) is 3.83. The Morgan fingerprint density at radius 2 is 1.78 bits per heavy atom. The van der Waals surface area contributed by atoms with Crippen LogP contribution in [0.4, 0.5) is 5.69 Å². The fourth-order valence-corrected chi connectivity index (χ4v) is 3.91. The Morgan fingerprint density at radius 1 is 1.15 bits per heavy atom. The molecule has 0 fully saturated rings. The molecule has 0 amide bonds. The molecule has 1 aromatic carbocycles. The molecule has 0 saturated carbocycles. The molecule has 1 heterocycles. The number of rotatable bonds is 6. The van der Waals surface area contributed by atoms with Gasteiger partial charge in [-0.1, -0.05) is 32.9 Å². The van der Waals surface area contributed by atoms with Crippen LogP contribution in [0.25, 0.3) is 0 Å². The average molecular weight is 404 g/mol. The molecule has 0 aliphatic rings. The summed E-state index contributed by atoms with van der Waals surface area (Å²) in [6, 6.07) is 11.7. The van der Waals surface area contributed by atoms with E-state index in [4.69, 9.17) is 9.69 Å². The number of nitrogens with one attached hydrogen (secondary N) is 1. The molecule has 0 saturated heterocycles. The van der Waals surface area contributed by atoms with Gasteiger partial charge < -0.3 is 4.43 Å². The van der Waals surface area contributed by atoms with Gasteiger partial charge in [-0.05, 0) is 48.0 Å². The maximum absolute atomic E-state index is 12.4. The van der Waals surface area contributed by atoms with E-state index < -0.39 is 18.3 Å². The minimum Gasteiger partial charge on any atom is -0.413 e. The average Bonchev–Trinajstić information content (AvgIpc) is 2.60. The molecule has 8 heteroatoms. The van der Waals surface area contributed by atoms with Crippen LogP contribution >= 0.6 is 0 Å². The van der Waals surface area contributed by atoms with Gasteiger partial charge in [0, 0.05) is 11.9 Å². The first-order valence-electron chi connectivity index (χ1n) is 8.56. The minimum absolute atomic E-state index is 0.133. The van der Waals surface area contributed by atoms with E-state index in [1.165, 1.54) is 18.3 Å². The van der Waals surface area contributed by atoms with E-state index in [1.54, 1.807) is 12.1 Å². The number of sulfonamides is 1. The molecule has 2 rings (SSSR count). The molecule has 0 radical (unpaired) electrons. The Morgan fingerprint density at radius 3 is 2.26 bits per heavy atom. The van der Waals surface area contributed by atoms with Crippen LogP contribution in [0.2, 0.25) is 18.1 Å². The van der Waals surface area contributed by atoms with Gasteiger partial charge in [-0.2, -0.15) is 13.7 Å². The third-order valence-corrected chi connectivity index (χ3v) is 10.5. The zero-order chi connectivity index (χ0) is 20.3. The second-order valence-electron chi connectivity index (χ2n) is 7.85. The Bertz CT molecular complexity index is 926. The van der Waals surface area contributed by atoms with Gasteiger partial charge in [-0.25, -0.2) is 4.98 Å². The molecule has 0 spiro atoms. The van der Waals surface area contributed by atoms with Crippen molar-refractivity contribution in [2.75, 3.05) is 4.72 Å². The molecule has 1 aromatic heterocycles. The molecule has 0 atom stereocenters. The van der Waals surface area contributed by atoms with Crippen molar-refractivity contribution in [3.05, 3.63) is 53.7 Å². The highest BCUT2D eigenvalue weighted by molar-refractivity contribution is 7.92. The lowest BCUT2D eigenvalue weighted by atomic mass is 10.2. The van der Waals surface area contributed by atoms with E-state index in [1.807, 2.05) is 18.2 Å². The van der Waals surface area contributed by atoms with E-state index in [2.05, 4.69) is 43.6 Å². The summed E-state index contributed by atoms with van der Waals surface area (Å²) in [5, 5.41) is 8.77. The summed E-state index contributed by atoms with van der Waals surface area (Å²) >= 11 is 0. The number of hydrogen-bond acceptors (Lipinski definition) is 5. The van der Waals surface area contributed by atoms with Gasteiger partial charge in [-0.3, -0.25) is 4.72 Å². The van der Waals surface area contributed by atoms with Crippen LogP contribution in [-0.4, -0.2) is 21.7 Å². The maximum Gasteiger partial charge on any atom is 0.279 e. The fourth-order valence-electron chi connectivity index (χ4n) is 1.96. The highest BCUT2D eigenvalue weighted by Gasteiger charge is 2.36. The monoisotopic (exact) mass is 403 g/mol. The zero-order valence-electron chi connectivity index (χ0n) is 16.3. The number of benzene rings is 1. The van der Waals surface area contributed by atoms with Crippen LogP contribution in [0.1, 0.15) is 31.9 Å². The zero-order valence-corrected chi connectivity index (χ0v) is 18.1. The van der Waals surface area contributed by atoms with Gasteiger partial charge in [0.25, 0.3) is 10.0 Å². The Labute approximate surface area is 162 Å². The van der Waals surface area contributed by atoms with Gasteiger partial charge in [0.2, 0.25) is 0 Å². The van der Waals surface area contributed by atoms with Gasteiger partial charge in [0.15, 0.2) is 13.3 Å². The van der Waals surface area contributed by atoms with E-state index >= 15 is 0 Å². The number of anilines is 1. The van der Waals surface area contributed by atoms with Gasteiger partial charge in [0.1, 0.15) is 6.07 Å². The van der Waals surface area contributed by atoms with Gasteiger partial charge in [0.05, 0.1) is 12.2 Å². The first-order valence-corrected chi connectivity index (χ1v) is 13.0. The predicted molar refractivity (Wildman–Crippen MR) is 108 cm³/mol. The van der Waals surface area contributed by atoms with Crippen molar-refractivity contribution >= 4 is 24.0 Å². The number of nitriles is 1. The lowest BCUT2D eigenvalue weighted by molar-refractivity contribution is 0.276. The minimum atomic E-state index is -3.80. The third kappa shape index (κ3) is 5.39. The van der Waals surface area contributed by atoms with Crippen molar-refractivity contribution < 1.29 is 12.8 Å². The smallest absolute Gasteiger partial charge is 0.279 e. The largest absolute Gasteiger partial charge is 0.413 e. The fraction of sp³-hybridized carbons (Fsp3) is 0.368. The maximum atomic E-state index is 12.4. The first-order chi connectivity index (χ1) is 12.4. The summed E-state index contributed by atoms with van der Waals surface area (Å²) in [5.74, 6) is 0. The number of hydrogen-bond donors (Lipinski definition) is 1. The summed E-state index contributed by atoms with van der Waals surface area (Å²) in [6.45, 7) is 11.5. The molecule has 0 unspecified atom stereocenters. The molecule has 1 N–H and O–H groups in total. The van der Waals surface area contributed by atoms with Crippen LogP contribution in [0.5, 0.6) is 0 Å². The molecule has 0 bridgehead atoms. The summed E-state index contributed by atoms with van der Waals surface area (Å²) < 4.78 is 33.4. The van der Waals surface area contributed by atoms with Crippen molar-refractivity contribution in [1.29, 1.82) is 5.26 Å². The SMILES string of the molecule is CC(C)(C)[Si](C)(C)OCc1ccc(NS(=O)(=O)c2ccc(C#N)cn2)cc1. The molecule has 144 valence electrons. The van der Waals surface area contributed by atoms with Gasteiger partial charge in [-0.15, -0.1) is 0 Å². The number of aromatic nitrogens is 1. The van der Waals surface area contributed by atoms with Crippen molar-refractivity contribution in [2.45, 2.75) is 50.5 Å². The summed E-state index contributed by atoms with van der Waals surface area (Å²) in [6.07, 6.45) is 1.23. The van der Waals surface area contributed by atoms with Crippen LogP contribution in [0, 0.1) is 11.3 Å². The standard InChI is InChI=1S/C19H25N3O3SSi/c1-19(2,3)27(4,5)25-14-15-6-9-17(10-7-15)22-26(23,24)18-11-8-16(12-20)13-21-18/h6-11,13,22H,14H2,1-5H3. The quantitative estimate of drug-likeness (QED) is 0.727. The van der Waals surface area contributed by atoms with Crippen molar-refractivity contribution in [3.63, 3.8) is 0 Å². The second kappa shape index (κ2) is 7.80. The molecule has 0 aliphatic carbocycles. The van der Waals surface area contributed by atoms with Crippen molar-refractivity contribution in [3.8, 4) is 6.07 Å². The predicted octanol–water partition coefficient (Wildman–Crippen LogP) is 4.28. The Balaban J connectivity index is 2.05. The van der Waals surface area contributed by atoms with E-state index in [0.717, 1.165) is 5.56 Å². The molecule has 0 aliphatic heterocycles. The first kappa shape index (κ1) is 21.1. The number of nitrogens with zero attached hydrogens (tertiary/aromatic N) is 2. The van der Waals surface area contributed by atoms with Crippen LogP contribution in [0.3, 0.4) is 0 Å². The van der Waals surface area contributed by atoms with Crippen LogP contribution in [0.15, 0.2) is 47.6 Å². The second-order valence-corrected chi connectivity index (χ2v) is 14.3. The van der Waals surface area contributed by atoms with E-state index in [-0.39, 0.29) is 10.1 Å². The number of pyridine rings is 1. The molecule has 2 aromatic rings. The summed E-state index contributed by atoms with van der Waals surface area (Å²) in [5.41, 5.74) is 1.73. The van der Waals surface area contributed by atoms with E-state index in [9.17, 15) is 8.42 Å². The lowest BCUT2D eigenvalue weighted by Gasteiger charge is -2.36. The molecule has 27 heavy (non-hydrogen) atoms. The lowest BCUT2D eigenvalue weighted by Crippen LogP contribution is -2.40. The molecular weight excluding hydrogens is 378 g/mol. The van der Waals surface area contributed by atoms with Gasteiger partial charge >= 0.3 is 0 Å². The normalized spacial score (nSPS) is 12.4. The summed E-state index contributed by atoms with van der Waals surface area (Å²) in [7, 11) is -5.64. The highest BCUT2D eigenvalue weighted by Crippen LogP contribution is 2.37. The molecular formula is C19H25N3O3SSi. The Kier molecular flexibility index (Phi) is 6.09. The van der Waals surface area contributed by atoms with Crippen LogP contribution < -0.4 is 4.72 Å². The van der Waals surface area contributed by atoms with Crippen molar-refractivity contribution in [2.24, 2.45) is 0 Å². The van der Waals surface area contributed by atoms with Crippen LogP contribution in [-0.2, 0) is 21.1 Å². The highest BCUT2D eigenvalue weighted by atomic mass is 32.2. The van der Waals surface area contributed by atoms with Crippen molar-refractivity contribution in [1.82, 2.24) is 4.98 Å². The topological polar surface area (TPSA) is 92.1 Å².